The number of hydrogen-bond donors (Lipinski definition) is 2. The molecule has 0 spiro atoms. The number of benzene rings is 2. The van der Waals surface area contributed by atoms with E-state index >= 15 is 0 Å². The number of fused-ring (bicyclic) bond motifs is 1. The zero-order valence-corrected chi connectivity index (χ0v) is 15.3. The molecule has 0 saturated heterocycles. The molecule has 0 saturated carbocycles. The number of carbonyl (C=O) groups excluding carboxylic acids is 1. The molecule has 1 heterocycles. The van der Waals surface area contributed by atoms with Gasteiger partial charge in [0.1, 0.15) is 0 Å². The van der Waals surface area contributed by atoms with Crippen molar-refractivity contribution in [3.8, 4) is 0 Å². The highest BCUT2D eigenvalue weighted by Crippen LogP contribution is 2.31. The molecule has 132 valence electrons. The van der Waals surface area contributed by atoms with Crippen LogP contribution < -0.4 is 16.0 Å². The van der Waals surface area contributed by atoms with Crippen LogP contribution in [0.1, 0.15) is 41.6 Å². The first kappa shape index (κ1) is 17.3. The Bertz CT molecular complexity index is 785. The number of hydrogen-bond acceptors (Lipinski definition) is 3. The maximum atomic E-state index is 12.6. The normalized spacial score (nSPS) is 14.8. The average molecular weight is 337 g/mol. The molecule has 0 fully saturated rings. The van der Waals surface area contributed by atoms with E-state index in [0.717, 1.165) is 36.3 Å². The fourth-order valence-electron chi connectivity index (χ4n) is 3.47. The summed E-state index contributed by atoms with van der Waals surface area (Å²) in [7, 11) is 0. The van der Waals surface area contributed by atoms with Crippen molar-refractivity contribution >= 4 is 17.3 Å². The molecule has 1 atom stereocenters. The van der Waals surface area contributed by atoms with E-state index < -0.39 is 0 Å². The zero-order chi connectivity index (χ0) is 18.0. The highest BCUT2D eigenvalue weighted by Gasteiger charge is 2.21. The first-order chi connectivity index (χ1) is 12.0. The van der Waals surface area contributed by atoms with Gasteiger partial charge in [-0.3, -0.25) is 4.79 Å². The second kappa shape index (κ2) is 7.18. The van der Waals surface area contributed by atoms with Gasteiger partial charge < -0.3 is 16.0 Å². The smallest absolute Gasteiger partial charge is 0.239 e. The predicted molar refractivity (Wildman–Crippen MR) is 104 cm³/mol. The first-order valence-electron chi connectivity index (χ1n) is 8.94. The third-order valence-corrected chi connectivity index (χ3v) is 5.13. The van der Waals surface area contributed by atoms with E-state index in [4.69, 9.17) is 5.73 Å². The predicted octanol–water partition coefficient (Wildman–Crippen LogP) is 3.52. The van der Waals surface area contributed by atoms with Gasteiger partial charge in [-0.1, -0.05) is 24.3 Å². The molecule has 0 bridgehead atoms. The van der Waals surface area contributed by atoms with Gasteiger partial charge in [0.15, 0.2) is 0 Å². The Hall–Kier alpha value is -2.49. The Morgan fingerprint density at radius 2 is 2.04 bits per heavy atom. The molecule has 3 rings (SSSR count). The molecule has 4 heteroatoms. The number of anilines is 2. The topological polar surface area (TPSA) is 58.4 Å². The lowest BCUT2D eigenvalue weighted by atomic mass is 10.00. The summed E-state index contributed by atoms with van der Waals surface area (Å²) in [6, 6.07) is 12.3. The second-order valence-corrected chi connectivity index (χ2v) is 7.00. The fraction of sp³-hybridized carbons (Fsp3) is 0.381. The molecule has 3 N–H and O–H groups in total. The summed E-state index contributed by atoms with van der Waals surface area (Å²) in [5.74, 6) is 0.0426. The number of nitrogen functional groups attached to an aromatic ring is 1. The van der Waals surface area contributed by atoms with Crippen LogP contribution >= 0.6 is 0 Å². The summed E-state index contributed by atoms with van der Waals surface area (Å²) >= 11 is 0. The second-order valence-electron chi connectivity index (χ2n) is 7.00. The first-order valence-corrected chi connectivity index (χ1v) is 8.94. The number of rotatable bonds is 4. The number of nitrogens with two attached hydrogens (primary N) is 1. The molecule has 0 radical (unpaired) electrons. The Labute approximate surface area is 150 Å². The highest BCUT2D eigenvalue weighted by molar-refractivity contribution is 5.83. The summed E-state index contributed by atoms with van der Waals surface area (Å²) < 4.78 is 0. The van der Waals surface area contributed by atoms with E-state index in [2.05, 4.69) is 48.3 Å². The molecule has 0 aliphatic carbocycles. The van der Waals surface area contributed by atoms with Gasteiger partial charge in [-0.2, -0.15) is 0 Å². The molecule has 1 aliphatic rings. The van der Waals surface area contributed by atoms with Gasteiger partial charge in [0, 0.05) is 17.9 Å². The van der Waals surface area contributed by atoms with Crippen LogP contribution in [0.3, 0.4) is 0 Å². The van der Waals surface area contributed by atoms with Gasteiger partial charge in [-0.25, -0.2) is 0 Å². The third-order valence-electron chi connectivity index (χ3n) is 5.13. The van der Waals surface area contributed by atoms with Crippen molar-refractivity contribution in [2.45, 2.75) is 39.7 Å². The molecular weight excluding hydrogens is 310 g/mol. The van der Waals surface area contributed by atoms with Gasteiger partial charge in [0.2, 0.25) is 5.91 Å². The maximum Gasteiger partial charge on any atom is 0.239 e. The lowest BCUT2D eigenvalue weighted by Crippen LogP contribution is -2.40. The van der Waals surface area contributed by atoms with Crippen LogP contribution in [-0.4, -0.2) is 19.0 Å². The van der Waals surface area contributed by atoms with Crippen LogP contribution in [0.5, 0.6) is 0 Å². The molecule has 25 heavy (non-hydrogen) atoms. The Morgan fingerprint density at radius 3 is 2.80 bits per heavy atom. The standard InChI is InChI=1S/C21H27N3O/c1-14-9-10-17(12-15(14)2)16(3)23-21(25)13-24-11-5-6-18-19(22)7-4-8-20(18)24/h4,7-10,12,16H,5-6,11,13,22H2,1-3H3,(H,23,25). The molecule has 1 unspecified atom stereocenters. The van der Waals surface area contributed by atoms with Crippen molar-refractivity contribution in [2.75, 3.05) is 23.7 Å². The van der Waals surface area contributed by atoms with Crippen LogP contribution in [0.15, 0.2) is 36.4 Å². The van der Waals surface area contributed by atoms with Gasteiger partial charge in [0.05, 0.1) is 12.6 Å². The van der Waals surface area contributed by atoms with E-state index in [9.17, 15) is 4.79 Å². The van der Waals surface area contributed by atoms with Crippen molar-refractivity contribution < 1.29 is 4.79 Å². The van der Waals surface area contributed by atoms with E-state index in [1.54, 1.807) is 0 Å². The van der Waals surface area contributed by atoms with Crippen LogP contribution in [-0.2, 0) is 11.2 Å². The minimum absolute atomic E-state index is 0.00287. The van der Waals surface area contributed by atoms with Crippen molar-refractivity contribution in [3.05, 3.63) is 58.7 Å². The van der Waals surface area contributed by atoms with Crippen molar-refractivity contribution in [2.24, 2.45) is 0 Å². The summed E-state index contributed by atoms with van der Waals surface area (Å²) in [5.41, 5.74) is 12.8. The maximum absolute atomic E-state index is 12.6. The number of nitrogens with zero attached hydrogens (tertiary/aromatic N) is 1. The lowest BCUT2D eigenvalue weighted by molar-refractivity contribution is -0.120. The summed E-state index contributed by atoms with van der Waals surface area (Å²) in [4.78, 5) is 14.7. The Balaban J connectivity index is 1.67. The van der Waals surface area contributed by atoms with Crippen molar-refractivity contribution in [1.82, 2.24) is 5.32 Å². The lowest BCUT2D eigenvalue weighted by Gasteiger charge is -2.31. The average Bonchev–Trinajstić information content (AvgIpc) is 2.58. The summed E-state index contributed by atoms with van der Waals surface area (Å²) in [6.07, 6.45) is 2.01. The van der Waals surface area contributed by atoms with Crippen LogP contribution in [0.25, 0.3) is 0 Å². The van der Waals surface area contributed by atoms with Crippen LogP contribution in [0, 0.1) is 13.8 Å². The molecule has 2 aromatic carbocycles. The number of carbonyl (C=O) groups is 1. The van der Waals surface area contributed by atoms with Crippen LogP contribution in [0.4, 0.5) is 11.4 Å². The van der Waals surface area contributed by atoms with Gasteiger partial charge >= 0.3 is 0 Å². The quantitative estimate of drug-likeness (QED) is 0.839. The zero-order valence-electron chi connectivity index (χ0n) is 15.3. The minimum atomic E-state index is -0.00287. The Kier molecular flexibility index (Phi) is 4.98. The monoisotopic (exact) mass is 337 g/mol. The fourth-order valence-corrected chi connectivity index (χ4v) is 3.47. The van der Waals surface area contributed by atoms with E-state index in [-0.39, 0.29) is 11.9 Å². The van der Waals surface area contributed by atoms with E-state index in [1.807, 2.05) is 19.1 Å². The molecular formula is C21H27N3O. The molecule has 1 amide bonds. The third kappa shape index (κ3) is 3.78. The highest BCUT2D eigenvalue weighted by atomic mass is 16.2. The SMILES string of the molecule is Cc1ccc(C(C)NC(=O)CN2CCCc3c(N)cccc32)cc1C. The van der Waals surface area contributed by atoms with E-state index in [1.165, 1.54) is 16.7 Å². The number of nitrogens with one attached hydrogen (secondary N) is 1. The van der Waals surface area contributed by atoms with Gasteiger partial charge in [0.25, 0.3) is 0 Å². The van der Waals surface area contributed by atoms with Crippen molar-refractivity contribution in [3.63, 3.8) is 0 Å². The molecule has 4 nitrogen and oxygen atoms in total. The van der Waals surface area contributed by atoms with Gasteiger partial charge in [-0.15, -0.1) is 0 Å². The Morgan fingerprint density at radius 1 is 1.24 bits per heavy atom. The van der Waals surface area contributed by atoms with Crippen molar-refractivity contribution in [1.29, 1.82) is 0 Å². The summed E-state index contributed by atoms with van der Waals surface area (Å²) in [5, 5.41) is 3.12. The molecule has 2 aromatic rings. The minimum Gasteiger partial charge on any atom is -0.398 e. The molecule has 1 aliphatic heterocycles. The van der Waals surface area contributed by atoms with Crippen LogP contribution in [0.2, 0.25) is 0 Å². The largest absolute Gasteiger partial charge is 0.398 e. The summed E-state index contributed by atoms with van der Waals surface area (Å²) in [6.45, 7) is 7.49. The van der Waals surface area contributed by atoms with Gasteiger partial charge in [-0.05, 0) is 68.0 Å². The number of aryl methyl sites for hydroxylation is 2. The van der Waals surface area contributed by atoms with E-state index in [0.29, 0.717) is 6.54 Å². The molecule has 0 aromatic heterocycles. The number of amides is 1.